The second kappa shape index (κ2) is 14.5. The molecule has 2 amide bonds. The van der Waals surface area contributed by atoms with Crippen molar-refractivity contribution in [3.63, 3.8) is 0 Å². The highest BCUT2D eigenvalue weighted by Gasteiger charge is 2.22. The van der Waals surface area contributed by atoms with E-state index in [1.165, 1.54) is 0 Å². The Morgan fingerprint density at radius 1 is 0.538 bits per heavy atom. The van der Waals surface area contributed by atoms with Crippen molar-refractivity contribution in [2.45, 2.75) is 18.5 Å². The van der Waals surface area contributed by atoms with Gasteiger partial charge in [0.25, 0.3) is 0 Å². The van der Waals surface area contributed by atoms with E-state index in [9.17, 15) is 9.59 Å². The summed E-state index contributed by atoms with van der Waals surface area (Å²) < 4.78 is 0. The third kappa shape index (κ3) is 8.67. The van der Waals surface area contributed by atoms with Crippen LogP contribution in [-0.4, -0.2) is 24.9 Å². The van der Waals surface area contributed by atoms with Crippen molar-refractivity contribution in [3.05, 3.63) is 130 Å². The molecule has 4 N–H and O–H groups in total. The van der Waals surface area contributed by atoms with E-state index in [2.05, 4.69) is 21.3 Å². The normalized spacial score (nSPS) is 12.4. The molecule has 0 heterocycles. The lowest BCUT2D eigenvalue weighted by Crippen LogP contribution is -2.36. The van der Waals surface area contributed by atoms with Gasteiger partial charge in [-0.25, -0.2) is 0 Å². The summed E-state index contributed by atoms with van der Waals surface area (Å²) in [4.78, 5) is 26.3. The van der Waals surface area contributed by atoms with Crippen molar-refractivity contribution >= 4 is 46.4 Å². The van der Waals surface area contributed by atoms with Gasteiger partial charge in [0.15, 0.2) is 0 Å². The van der Waals surface area contributed by atoms with Crippen molar-refractivity contribution in [1.82, 2.24) is 10.6 Å². The largest absolute Gasteiger partial charge is 0.324 e. The Balaban J connectivity index is 1.35. The molecule has 0 unspecified atom stereocenters. The van der Waals surface area contributed by atoms with E-state index in [4.69, 9.17) is 23.2 Å². The molecule has 2 atom stereocenters. The van der Waals surface area contributed by atoms with Crippen molar-refractivity contribution in [3.8, 4) is 0 Å². The maximum Gasteiger partial charge on any atom is 0.246 e. The van der Waals surface area contributed by atoms with Gasteiger partial charge in [-0.3, -0.25) is 9.59 Å². The van der Waals surface area contributed by atoms with Crippen molar-refractivity contribution in [2.24, 2.45) is 0 Å². The smallest absolute Gasteiger partial charge is 0.246 e. The highest BCUT2D eigenvalue weighted by atomic mass is 35.5. The monoisotopic (exact) mass is 560 g/mol. The van der Waals surface area contributed by atoms with Crippen LogP contribution in [0.4, 0.5) is 11.4 Å². The van der Waals surface area contributed by atoms with Crippen molar-refractivity contribution in [1.29, 1.82) is 0 Å². The van der Waals surface area contributed by atoms with E-state index in [-0.39, 0.29) is 11.8 Å². The third-order valence-electron chi connectivity index (χ3n) is 6.06. The first-order valence-corrected chi connectivity index (χ1v) is 13.4. The Hall–Kier alpha value is -3.68. The Bertz CT molecular complexity index is 1230. The first-order chi connectivity index (χ1) is 19.0. The number of hydrogen-bond acceptors (Lipinski definition) is 4. The van der Waals surface area contributed by atoms with Crippen LogP contribution in [0.3, 0.4) is 0 Å². The Morgan fingerprint density at radius 3 is 1.26 bits per heavy atom. The summed E-state index contributed by atoms with van der Waals surface area (Å²) in [7, 11) is 0. The minimum absolute atomic E-state index is 0.166. The van der Waals surface area contributed by atoms with Gasteiger partial charge in [-0.15, -0.1) is 0 Å². The highest BCUT2D eigenvalue weighted by molar-refractivity contribution is 6.31. The van der Waals surface area contributed by atoms with Crippen LogP contribution < -0.4 is 21.3 Å². The van der Waals surface area contributed by atoms with Crippen LogP contribution in [0, 0.1) is 0 Å². The molecule has 4 aromatic carbocycles. The molecule has 8 heteroatoms. The maximum atomic E-state index is 13.2. The Labute approximate surface area is 238 Å². The molecule has 39 heavy (non-hydrogen) atoms. The lowest BCUT2D eigenvalue weighted by molar-refractivity contribution is -0.119. The van der Waals surface area contributed by atoms with Gasteiger partial charge in [0.2, 0.25) is 11.8 Å². The summed E-state index contributed by atoms with van der Waals surface area (Å²) in [5.41, 5.74) is 3.07. The van der Waals surface area contributed by atoms with Crippen LogP contribution in [0.5, 0.6) is 0 Å². The van der Waals surface area contributed by atoms with E-state index in [1.54, 1.807) is 48.5 Å². The average molecular weight is 562 g/mol. The van der Waals surface area contributed by atoms with Crippen LogP contribution in [0.2, 0.25) is 10.0 Å². The summed E-state index contributed by atoms with van der Waals surface area (Å²) in [6.45, 7) is 1.11. The molecule has 4 rings (SSSR count). The van der Waals surface area contributed by atoms with Gasteiger partial charge in [0, 0.05) is 21.4 Å². The lowest BCUT2D eigenvalue weighted by Gasteiger charge is -2.21. The molecule has 0 spiro atoms. The SMILES string of the molecule is O=C(Nc1ccc(Cl)cc1)[C@@H](NCCCN[C@@H](C(=O)Nc1ccc(Cl)cc1)c1ccccc1)c1ccccc1. The molecule has 4 aromatic rings. The molecule has 0 aliphatic heterocycles. The molecule has 6 nitrogen and oxygen atoms in total. The zero-order valence-electron chi connectivity index (χ0n) is 21.2. The first-order valence-electron chi connectivity index (χ1n) is 12.7. The average Bonchev–Trinajstić information content (AvgIpc) is 2.96. The molecule has 0 saturated heterocycles. The number of benzene rings is 4. The van der Waals surface area contributed by atoms with E-state index in [0.717, 1.165) is 11.1 Å². The number of hydrogen-bond donors (Lipinski definition) is 4. The minimum Gasteiger partial charge on any atom is -0.324 e. The minimum atomic E-state index is -0.542. The molecular formula is C31H30Cl2N4O2. The molecule has 0 aromatic heterocycles. The topological polar surface area (TPSA) is 82.3 Å². The van der Waals surface area contributed by atoms with Gasteiger partial charge in [-0.1, -0.05) is 83.9 Å². The number of rotatable bonds is 12. The van der Waals surface area contributed by atoms with Gasteiger partial charge in [0.05, 0.1) is 0 Å². The van der Waals surface area contributed by atoms with Gasteiger partial charge < -0.3 is 21.3 Å². The lowest BCUT2D eigenvalue weighted by atomic mass is 10.1. The number of anilines is 2. The predicted molar refractivity (Wildman–Crippen MR) is 159 cm³/mol. The van der Waals surface area contributed by atoms with Crippen LogP contribution in [0.1, 0.15) is 29.6 Å². The van der Waals surface area contributed by atoms with Crippen LogP contribution in [-0.2, 0) is 9.59 Å². The molecule has 0 aliphatic carbocycles. The van der Waals surface area contributed by atoms with E-state index in [0.29, 0.717) is 40.9 Å². The van der Waals surface area contributed by atoms with Gasteiger partial charge in [-0.05, 0) is 79.2 Å². The van der Waals surface area contributed by atoms with Crippen LogP contribution in [0.25, 0.3) is 0 Å². The fourth-order valence-corrected chi connectivity index (χ4v) is 4.34. The summed E-state index contributed by atoms with van der Waals surface area (Å²) >= 11 is 11.9. The van der Waals surface area contributed by atoms with E-state index in [1.807, 2.05) is 60.7 Å². The molecule has 0 fully saturated rings. The summed E-state index contributed by atoms with van der Waals surface area (Å²) in [5, 5.41) is 13.8. The Kier molecular flexibility index (Phi) is 10.5. The van der Waals surface area contributed by atoms with Gasteiger partial charge in [-0.2, -0.15) is 0 Å². The van der Waals surface area contributed by atoms with E-state index < -0.39 is 12.1 Å². The maximum absolute atomic E-state index is 13.2. The number of amides is 2. The van der Waals surface area contributed by atoms with Crippen molar-refractivity contribution in [2.75, 3.05) is 23.7 Å². The predicted octanol–water partition coefficient (Wildman–Crippen LogP) is 6.62. The second-order valence-corrected chi connectivity index (χ2v) is 9.81. The first kappa shape index (κ1) is 28.3. The number of nitrogens with one attached hydrogen (secondary N) is 4. The standard InChI is InChI=1S/C31H30Cl2N4O2/c32-24-12-16-26(17-13-24)36-30(38)28(22-8-3-1-4-9-22)34-20-7-21-35-29(23-10-5-2-6-11-23)31(39)37-27-18-14-25(33)15-19-27/h1-6,8-19,28-29,34-35H,7,20-21H2,(H,36,38)(H,37,39)/t28-,29+. The molecule has 0 saturated carbocycles. The quantitative estimate of drug-likeness (QED) is 0.147. The number of carbonyl (C=O) groups is 2. The fraction of sp³-hybridized carbons (Fsp3) is 0.161. The second-order valence-electron chi connectivity index (χ2n) is 8.94. The molecular weight excluding hydrogens is 531 g/mol. The fourth-order valence-electron chi connectivity index (χ4n) is 4.09. The summed E-state index contributed by atoms with van der Waals surface area (Å²) in [6, 6.07) is 32.1. The zero-order chi connectivity index (χ0) is 27.5. The molecule has 0 radical (unpaired) electrons. The zero-order valence-corrected chi connectivity index (χ0v) is 22.8. The van der Waals surface area contributed by atoms with Crippen LogP contribution in [0.15, 0.2) is 109 Å². The van der Waals surface area contributed by atoms with Gasteiger partial charge in [0.1, 0.15) is 12.1 Å². The number of halogens is 2. The number of carbonyl (C=O) groups excluding carboxylic acids is 2. The Morgan fingerprint density at radius 2 is 0.897 bits per heavy atom. The highest BCUT2D eigenvalue weighted by Crippen LogP contribution is 2.20. The summed E-state index contributed by atoms with van der Waals surface area (Å²) in [6.07, 6.45) is 0.690. The van der Waals surface area contributed by atoms with Crippen molar-refractivity contribution < 1.29 is 9.59 Å². The molecule has 200 valence electrons. The van der Waals surface area contributed by atoms with E-state index >= 15 is 0 Å². The van der Waals surface area contributed by atoms with Crippen LogP contribution >= 0.6 is 23.2 Å². The third-order valence-corrected chi connectivity index (χ3v) is 6.57. The summed E-state index contributed by atoms with van der Waals surface area (Å²) in [5.74, 6) is -0.332. The van der Waals surface area contributed by atoms with Gasteiger partial charge >= 0.3 is 0 Å². The molecule has 0 bridgehead atoms. The molecule has 0 aliphatic rings.